The summed E-state index contributed by atoms with van der Waals surface area (Å²) in [7, 11) is 0. The minimum absolute atomic E-state index is 0.0116. The number of carbonyl (C=O) groups excluding carboxylic acids is 2. The van der Waals surface area contributed by atoms with E-state index >= 15 is 0 Å². The molecule has 8 heteroatoms. The molecule has 1 amide bonds. The summed E-state index contributed by atoms with van der Waals surface area (Å²) in [5, 5.41) is 14.1. The van der Waals surface area contributed by atoms with Crippen molar-refractivity contribution in [2.75, 3.05) is 13.2 Å². The molecule has 4 aliphatic carbocycles. The van der Waals surface area contributed by atoms with E-state index in [1.54, 1.807) is 6.07 Å². The van der Waals surface area contributed by atoms with E-state index in [1.165, 1.54) is 37.5 Å². The van der Waals surface area contributed by atoms with Crippen LogP contribution in [0.2, 0.25) is 0 Å². The molecule has 0 spiro atoms. The Morgan fingerprint density at radius 2 is 1.68 bits per heavy atom. The molecule has 8 nitrogen and oxygen atoms in total. The first-order valence-corrected chi connectivity index (χ1v) is 9.75. The molecule has 0 radical (unpaired) electrons. The van der Waals surface area contributed by atoms with Gasteiger partial charge in [-0.3, -0.25) is 14.9 Å². The summed E-state index contributed by atoms with van der Waals surface area (Å²) in [6.07, 6.45) is 6.94. The average Bonchev–Trinajstić information content (AvgIpc) is 2.63. The molecule has 1 aromatic rings. The van der Waals surface area contributed by atoms with Crippen LogP contribution >= 0.6 is 0 Å². The van der Waals surface area contributed by atoms with Gasteiger partial charge in [-0.25, -0.2) is 4.79 Å². The van der Waals surface area contributed by atoms with Gasteiger partial charge in [0.1, 0.15) is 0 Å². The normalized spacial score (nSPS) is 29.9. The summed E-state index contributed by atoms with van der Waals surface area (Å²) in [6, 6.07) is 5.79. The van der Waals surface area contributed by atoms with Gasteiger partial charge in [0, 0.05) is 11.6 Å². The van der Waals surface area contributed by atoms with Crippen LogP contribution in [0.25, 0.3) is 0 Å². The SMILES string of the molecule is O=C(COC(=O)COc1ccccc1[N+](=O)[O-])NC12CC3CC(CC(C3)C1)C2. The summed E-state index contributed by atoms with van der Waals surface area (Å²) < 4.78 is 10.2. The van der Waals surface area contributed by atoms with Gasteiger partial charge in [-0.2, -0.15) is 0 Å². The van der Waals surface area contributed by atoms with E-state index in [9.17, 15) is 19.7 Å². The third-order valence-corrected chi connectivity index (χ3v) is 6.21. The van der Waals surface area contributed by atoms with E-state index in [-0.39, 0.29) is 29.5 Å². The van der Waals surface area contributed by atoms with Crippen LogP contribution in [0.3, 0.4) is 0 Å². The number of para-hydroxylation sites is 2. The first kappa shape index (κ1) is 18.7. The Balaban J connectivity index is 1.24. The molecule has 0 saturated heterocycles. The van der Waals surface area contributed by atoms with Crippen LogP contribution in [0.1, 0.15) is 38.5 Å². The zero-order valence-corrected chi connectivity index (χ0v) is 15.6. The maximum absolute atomic E-state index is 12.3. The first-order chi connectivity index (χ1) is 13.4. The number of hydrogen-bond donors (Lipinski definition) is 1. The van der Waals surface area contributed by atoms with Crippen molar-refractivity contribution < 1.29 is 24.0 Å². The molecule has 0 unspecified atom stereocenters. The second-order valence-electron chi connectivity index (χ2n) is 8.42. The van der Waals surface area contributed by atoms with Crippen molar-refractivity contribution in [3.05, 3.63) is 34.4 Å². The van der Waals surface area contributed by atoms with Crippen molar-refractivity contribution in [3.63, 3.8) is 0 Å². The lowest BCUT2D eigenvalue weighted by molar-refractivity contribution is -0.385. The van der Waals surface area contributed by atoms with E-state index in [4.69, 9.17) is 9.47 Å². The Kier molecular flexibility index (Phi) is 4.95. The van der Waals surface area contributed by atoms with Crippen molar-refractivity contribution >= 4 is 17.6 Å². The lowest BCUT2D eigenvalue weighted by atomic mass is 9.53. The molecule has 4 aliphatic rings. The number of nitrogens with zero attached hydrogens (tertiary/aromatic N) is 1. The summed E-state index contributed by atoms with van der Waals surface area (Å²) in [4.78, 5) is 34.6. The molecule has 4 saturated carbocycles. The molecule has 150 valence electrons. The number of nitrogens with one attached hydrogen (secondary N) is 1. The van der Waals surface area contributed by atoms with Gasteiger partial charge in [0.25, 0.3) is 5.91 Å². The predicted molar refractivity (Wildman–Crippen MR) is 98.6 cm³/mol. The van der Waals surface area contributed by atoms with E-state index in [0.29, 0.717) is 17.8 Å². The van der Waals surface area contributed by atoms with Gasteiger partial charge >= 0.3 is 11.7 Å². The van der Waals surface area contributed by atoms with Crippen molar-refractivity contribution in [2.45, 2.75) is 44.1 Å². The molecule has 28 heavy (non-hydrogen) atoms. The van der Waals surface area contributed by atoms with E-state index in [1.807, 2.05) is 0 Å². The van der Waals surface area contributed by atoms with Crippen molar-refractivity contribution in [2.24, 2.45) is 17.8 Å². The minimum Gasteiger partial charge on any atom is -0.475 e. The first-order valence-electron chi connectivity index (χ1n) is 9.75. The quantitative estimate of drug-likeness (QED) is 0.437. The molecule has 0 aliphatic heterocycles. The number of nitro benzene ring substituents is 1. The van der Waals surface area contributed by atoms with Gasteiger partial charge in [0.2, 0.25) is 0 Å². The number of hydrogen-bond acceptors (Lipinski definition) is 6. The lowest BCUT2D eigenvalue weighted by Gasteiger charge is -2.56. The molecule has 1 N–H and O–H groups in total. The van der Waals surface area contributed by atoms with Crippen LogP contribution in [0.15, 0.2) is 24.3 Å². The highest BCUT2D eigenvalue weighted by molar-refractivity contribution is 5.81. The number of carbonyl (C=O) groups is 2. The number of ether oxygens (including phenoxy) is 2. The Morgan fingerprint density at radius 3 is 2.29 bits per heavy atom. The maximum atomic E-state index is 12.3. The van der Waals surface area contributed by atoms with Crippen molar-refractivity contribution in [3.8, 4) is 5.75 Å². The summed E-state index contributed by atoms with van der Waals surface area (Å²) in [5.74, 6) is 1.10. The number of esters is 1. The number of nitro groups is 1. The molecule has 0 heterocycles. The van der Waals surface area contributed by atoms with Crippen LogP contribution in [-0.4, -0.2) is 35.6 Å². The largest absolute Gasteiger partial charge is 0.475 e. The summed E-state index contributed by atoms with van der Waals surface area (Å²) in [5.41, 5.74) is -0.353. The molecule has 4 fully saturated rings. The fourth-order valence-corrected chi connectivity index (χ4v) is 5.65. The fraction of sp³-hybridized carbons (Fsp3) is 0.600. The third kappa shape index (κ3) is 3.95. The Bertz CT molecular complexity index is 757. The fourth-order valence-electron chi connectivity index (χ4n) is 5.65. The van der Waals surface area contributed by atoms with E-state index < -0.39 is 17.5 Å². The topological polar surface area (TPSA) is 108 Å². The predicted octanol–water partition coefficient (Wildman–Crippen LogP) is 2.60. The number of amides is 1. The second-order valence-corrected chi connectivity index (χ2v) is 8.42. The molecule has 0 aromatic heterocycles. The van der Waals surface area contributed by atoms with Gasteiger partial charge in [-0.05, 0) is 62.3 Å². The van der Waals surface area contributed by atoms with Crippen molar-refractivity contribution in [1.29, 1.82) is 0 Å². The molecular formula is C20H24N2O6. The zero-order chi connectivity index (χ0) is 19.7. The van der Waals surface area contributed by atoms with Crippen molar-refractivity contribution in [1.82, 2.24) is 5.32 Å². The average molecular weight is 388 g/mol. The van der Waals surface area contributed by atoms with Gasteiger partial charge in [-0.15, -0.1) is 0 Å². The number of benzene rings is 1. The van der Waals surface area contributed by atoms with Gasteiger partial charge in [0.15, 0.2) is 19.0 Å². The van der Waals surface area contributed by atoms with Gasteiger partial charge in [0.05, 0.1) is 4.92 Å². The maximum Gasteiger partial charge on any atom is 0.344 e. The van der Waals surface area contributed by atoms with E-state index in [0.717, 1.165) is 19.3 Å². The molecule has 1 aromatic carbocycles. The molecule has 5 rings (SSSR count). The van der Waals surface area contributed by atoms with Crippen LogP contribution < -0.4 is 10.1 Å². The highest BCUT2D eigenvalue weighted by Crippen LogP contribution is 2.55. The smallest absolute Gasteiger partial charge is 0.344 e. The molecule has 4 bridgehead atoms. The number of rotatable bonds is 7. The van der Waals surface area contributed by atoms with Crippen LogP contribution in [0.4, 0.5) is 5.69 Å². The van der Waals surface area contributed by atoms with E-state index in [2.05, 4.69) is 5.32 Å². The lowest BCUT2D eigenvalue weighted by Crippen LogP contribution is -2.60. The Labute approximate surface area is 162 Å². The second kappa shape index (κ2) is 7.41. The molecular weight excluding hydrogens is 364 g/mol. The Morgan fingerprint density at radius 1 is 1.07 bits per heavy atom. The van der Waals surface area contributed by atoms with Crippen LogP contribution in [0.5, 0.6) is 5.75 Å². The summed E-state index contributed by atoms with van der Waals surface area (Å²) >= 11 is 0. The van der Waals surface area contributed by atoms with Crippen LogP contribution in [0, 0.1) is 27.9 Å². The molecule has 0 atom stereocenters. The third-order valence-electron chi connectivity index (χ3n) is 6.21. The minimum atomic E-state index is -0.737. The zero-order valence-electron chi connectivity index (χ0n) is 15.6. The highest BCUT2D eigenvalue weighted by Gasteiger charge is 2.51. The Hall–Kier alpha value is -2.64. The highest BCUT2D eigenvalue weighted by atomic mass is 16.6. The standard InChI is InChI=1S/C20H24N2O6/c23-18(21-20-8-13-5-14(9-20)7-15(6-13)10-20)11-28-19(24)12-27-17-4-2-1-3-16(17)22(25)26/h1-4,13-15H,5-12H2,(H,21,23). The monoisotopic (exact) mass is 388 g/mol. The van der Waals surface area contributed by atoms with Gasteiger partial charge in [-0.1, -0.05) is 12.1 Å². The van der Waals surface area contributed by atoms with Gasteiger partial charge < -0.3 is 14.8 Å². The summed E-state index contributed by atoms with van der Waals surface area (Å²) in [6.45, 7) is -0.851. The van der Waals surface area contributed by atoms with Crippen LogP contribution in [-0.2, 0) is 14.3 Å².